The highest BCUT2D eigenvalue weighted by molar-refractivity contribution is 5.44. The molecule has 0 amide bonds. The molecule has 4 heteroatoms. The Morgan fingerprint density at radius 1 is 1.64 bits per heavy atom. The molecule has 14 heavy (non-hydrogen) atoms. The Morgan fingerprint density at radius 2 is 2.50 bits per heavy atom. The van der Waals surface area contributed by atoms with Gasteiger partial charge in [-0.1, -0.05) is 0 Å². The largest absolute Gasteiger partial charge is 0.497 e. The first-order chi connectivity index (χ1) is 6.79. The van der Waals surface area contributed by atoms with E-state index in [1.807, 2.05) is 12.1 Å². The quantitative estimate of drug-likeness (QED) is 0.748. The standard InChI is InChI=1S/C10H15N3O/c1-14-9-2-4-12-10(6-9)13-5-3-8(11)7-13/h2,4,6,8H,3,5,7,11H2,1H3. The second-order valence-corrected chi connectivity index (χ2v) is 3.55. The Kier molecular flexibility index (Phi) is 2.54. The van der Waals surface area contributed by atoms with E-state index in [2.05, 4.69) is 9.88 Å². The number of nitrogens with zero attached hydrogens (tertiary/aromatic N) is 2. The fraction of sp³-hybridized carbons (Fsp3) is 0.500. The number of hydrogen-bond donors (Lipinski definition) is 1. The highest BCUT2D eigenvalue weighted by atomic mass is 16.5. The van der Waals surface area contributed by atoms with E-state index in [1.165, 1.54) is 0 Å². The SMILES string of the molecule is COc1ccnc(N2CCC(N)C2)c1. The average molecular weight is 193 g/mol. The van der Waals surface area contributed by atoms with Gasteiger partial charge in [-0.2, -0.15) is 0 Å². The predicted octanol–water partition coefficient (Wildman–Crippen LogP) is 0.628. The molecule has 2 N–H and O–H groups in total. The van der Waals surface area contributed by atoms with Crippen LogP contribution in [0.3, 0.4) is 0 Å². The summed E-state index contributed by atoms with van der Waals surface area (Å²) in [6, 6.07) is 4.07. The number of anilines is 1. The Hall–Kier alpha value is -1.29. The number of hydrogen-bond acceptors (Lipinski definition) is 4. The van der Waals surface area contributed by atoms with Crippen molar-refractivity contribution in [2.45, 2.75) is 12.5 Å². The Morgan fingerprint density at radius 3 is 3.14 bits per heavy atom. The van der Waals surface area contributed by atoms with Crippen LogP contribution in [0.2, 0.25) is 0 Å². The molecule has 1 unspecified atom stereocenters. The van der Waals surface area contributed by atoms with Crippen LogP contribution in [-0.4, -0.2) is 31.2 Å². The van der Waals surface area contributed by atoms with Crippen molar-refractivity contribution < 1.29 is 4.74 Å². The number of aromatic nitrogens is 1. The maximum absolute atomic E-state index is 5.83. The van der Waals surface area contributed by atoms with Crippen LogP contribution < -0.4 is 15.4 Å². The first-order valence-corrected chi connectivity index (χ1v) is 4.80. The average Bonchev–Trinajstić information content (AvgIpc) is 2.65. The third-order valence-corrected chi connectivity index (χ3v) is 2.50. The topological polar surface area (TPSA) is 51.4 Å². The lowest BCUT2D eigenvalue weighted by Gasteiger charge is -2.16. The van der Waals surface area contributed by atoms with Crippen LogP contribution in [0.1, 0.15) is 6.42 Å². The summed E-state index contributed by atoms with van der Waals surface area (Å²) in [7, 11) is 1.66. The van der Waals surface area contributed by atoms with E-state index in [9.17, 15) is 0 Å². The lowest BCUT2D eigenvalue weighted by molar-refractivity contribution is 0.414. The highest BCUT2D eigenvalue weighted by Crippen LogP contribution is 2.21. The molecule has 0 bridgehead atoms. The Labute approximate surface area is 83.7 Å². The van der Waals surface area contributed by atoms with E-state index >= 15 is 0 Å². The van der Waals surface area contributed by atoms with Crippen molar-refractivity contribution in [3.05, 3.63) is 18.3 Å². The molecule has 76 valence electrons. The zero-order valence-corrected chi connectivity index (χ0v) is 8.31. The molecular weight excluding hydrogens is 178 g/mol. The minimum absolute atomic E-state index is 0.281. The fourth-order valence-corrected chi connectivity index (χ4v) is 1.70. The maximum atomic E-state index is 5.83. The van der Waals surface area contributed by atoms with Gasteiger partial charge in [0.2, 0.25) is 0 Å². The molecule has 1 aliphatic rings. The number of nitrogens with two attached hydrogens (primary N) is 1. The van der Waals surface area contributed by atoms with Crippen LogP contribution in [0.15, 0.2) is 18.3 Å². The summed E-state index contributed by atoms with van der Waals surface area (Å²) in [6.07, 6.45) is 2.80. The second kappa shape index (κ2) is 3.84. The molecule has 1 aromatic rings. The lowest BCUT2D eigenvalue weighted by Crippen LogP contribution is -2.26. The van der Waals surface area contributed by atoms with Crippen LogP contribution in [0.4, 0.5) is 5.82 Å². The molecule has 0 aliphatic carbocycles. The van der Waals surface area contributed by atoms with Crippen molar-refractivity contribution in [2.75, 3.05) is 25.1 Å². The number of pyridine rings is 1. The summed E-state index contributed by atoms with van der Waals surface area (Å²) in [4.78, 5) is 6.48. The molecule has 1 aromatic heterocycles. The van der Waals surface area contributed by atoms with Gasteiger partial charge in [-0.25, -0.2) is 4.98 Å². The van der Waals surface area contributed by atoms with Crippen LogP contribution in [-0.2, 0) is 0 Å². The molecule has 1 aliphatic heterocycles. The van der Waals surface area contributed by atoms with E-state index < -0.39 is 0 Å². The van der Waals surface area contributed by atoms with Gasteiger partial charge >= 0.3 is 0 Å². The van der Waals surface area contributed by atoms with E-state index in [-0.39, 0.29) is 6.04 Å². The third-order valence-electron chi connectivity index (χ3n) is 2.50. The minimum atomic E-state index is 0.281. The summed E-state index contributed by atoms with van der Waals surface area (Å²) in [5, 5.41) is 0. The van der Waals surface area contributed by atoms with E-state index in [0.29, 0.717) is 0 Å². The van der Waals surface area contributed by atoms with Crippen molar-refractivity contribution in [1.29, 1.82) is 0 Å². The van der Waals surface area contributed by atoms with E-state index in [4.69, 9.17) is 10.5 Å². The van der Waals surface area contributed by atoms with E-state index in [1.54, 1.807) is 13.3 Å². The summed E-state index contributed by atoms with van der Waals surface area (Å²) < 4.78 is 5.14. The zero-order valence-electron chi connectivity index (χ0n) is 8.31. The number of methoxy groups -OCH3 is 1. The van der Waals surface area contributed by atoms with Gasteiger partial charge in [0.25, 0.3) is 0 Å². The van der Waals surface area contributed by atoms with Gasteiger partial charge in [0.1, 0.15) is 11.6 Å². The van der Waals surface area contributed by atoms with Gasteiger partial charge < -0.3 is 15.4 Å². The van der Waals surface area contributed by atoms with Crippen molar-refractivity contribution in [3.8, 4) is 5.75 Å². The summed E-state index contributed by atoms with van der Waals surface area (Å²) in [5.74, 6) is 1.80. The number of ether oxygens (including phenoxy) is 1. The zero-order chi connectivity index (χ0) is 9.97. The number of rotatable bonds is 2. The molecule has 0 radical (unpaired) electrons. The van der Waals surface area contributed by atoms with Crippen LogP contribution in [0.5, 0.6) is 5.75 Å². The first kappa shape index (κ1) is 9.27. The molecule has 0 aromatic carbocycles. The molecular formula is C10H15N3O. The van der Waals surface area contributed by atoms with Crippen LogP contribution in [0.25, 0.3) is 0 Å². The van der Waals surface area contributed by atoms with Crippen molar-refractivity contribution >= 4 is 5.82 Å². The van der Waals surface area contributed by atoms with Crippen LogP contribution in [0, 0.1) is 0 Å². The van der Waals surface area contributed by atoms with Gasteiger partial charge in [-0.15, -0.1) is 0 Å². The molecule has 1 atom stereocenters. The van der Waals surface area contributed by atoms with Gasteiger partial charge in [-0.05, 0) is 12.5 Å². The molecule has 2 rings (SSSR count). The molecule has 1 saturated heterocycles. The predicted molar refractivity (Wildman–Crippen MR) is 55.6 cm³/mol. The summed E-state index contributed by atoms with van der Waals surface area (Å²) >= 11 is 0. The third kappa shape index (κ3) is 1.80. The maximum Gasteiger partial charge on any atom is 0.132 e. The molecule has 0 spiro atoms. The highest BCUT2D eigenvalue weighted by Gasteiger charge is 2.20. The first-order valence-electron chi connectivity index (χ1n) is 4.80. The van der Waals surface area contributed by atoms with Crippen LogP contribution >= 0.6 is 0 Å². The second-order valence-electron chi connectivity index (χ2n) is 3.55. The normalized spacial score (nSPS) is 21.3. The van der Waals surface area contributed by atoms with Gasteiger partial charge in [0, 0.05) is 31.4 Å². The minimum Gasteiger partial charge on any atom is -0.497 e. The van der Waals surface area contributed by atoms with Crippen molar-refractivity contribution in [2.24, 2.45) is 5.73 Å². The van der Waals surface area contributed by atoms with Gasteiger partial charge in [0.05, 0.1) is 7.11 Å². The van der Waals surface area contributed by atoms with Gasteiger partial charge in [-0.3, -0.25) is 0 Å². The Bertz CT molecular complexity index is 316. The molecule has 4 nitrogen and oxygen atoms in total. The van der Waals surface area contributed by atoms with E-state index in [0.717, 1.165) is 31.1 Å². The fourth-order valence-electron chi connectivity index (χ4n) is 1.70. The van der Waals surface area contributed by atoms with Gasteiger partial charge in [0.15, 0.2) is 0 Å². The molecule has 0 saturated carbocycles. The van der Waals surface area contributed by atoms with Crippen molar-refractivity contribution in [1.82, 2.24) is 4.98 Å². The summed E-state index contributed by atoms with van der Waals surface area (Å²) in [5.41, 5.74) is 5.83. The summed E-state index contributed by atoms with van der Waals surface area (Å²) in [6.45, 7) is 1.88. The molecule has 2 heterocycles. The smallest absolute Gasteiger partial charge is 0.132 e. The Balaban J connectivity index is 2.15. The monoisotopic (exact) mass is 193 g/mol. The molecule has 1 fully saturated rings. The van der Waals surface area contributed by atoms with Crippen molar-refractivity contribution in [3.63, 3.8) is 0 Å². The lowest BCUT2D eigenvalue weighted by atomic mass is 10.3.